The van der Waals surface area contributed by atoms with Gasteiger partial charge in [-0.15, -0.1) is 0 Å². The van der Waals surface area contributed by atoms with Crippen molar-refractivity contribution >= 4 is 29.3 Å². The van der Waals surface area contributed by atoms with Gasteiger partial charge in [-0.2, -0.15) is 0 Å². The number of fused-ring (bicyclic) bond motifs is 4. The zero-order chi connectivity index (χ0) is 30.6. The van der Waals surface area contributed by atoms with Crippen LogP contribution in [0.5, 0.6) is 0 Å². The van der Waals surface area contributed by atoms with Gasteiger partial charge in [0.05, 0.1) is 31.2 Å². The van der Waals surface area contributed by atoms with Crippen LogP contribution in [0.4, 0.5) is 16.2 Å². The fourth-order valence-corrected chi connectivity index (χ4v) is 6.92. The first-order chi connectivity index (χ1) is 21.4. The number of morpholine rings is 1. The molecule has 2 atom stereocenters. The molecule has 0 saturated carbocycles. The number of nitrogens with zero attached hydrogens (tertiary/aromatic N) is 5. The summed E-state index contributed by atoms with van der Waals surface area (Å²) in [4.78, 5) is 59.4. The number of hydrogen-bond donors (Lipinski definition) is 1. The van der Waals surface area contributed by atoms with Crippen LogP contribution in [0, 0.1) is 5.92 Å². The minimum Gasteiger partial charge on any atom is -0.450 e. The molecule has 0 spiro atoms. The van der Waals surface area contributed by atoms with Crippen molar-refractivity contribution in [1.82, 2.24) is 19.3 Å². The predicted molar refractivity (Wildman–Crippen MR) is 165 cm³/mol. The second-order valence-corrected chi connectivity index (χ2v) is 12.1. The number of aromatic nitrogens is 1. The molecule has 6 rings (SSSR count). The number of amides is 3. The normalized spacial score (nSPS) is 21.9. The van der Waals surface area contributed by atoms with Crippen LogP contribution in [-0.4, -0.2) is 116 Å². The Morgan fingerprint density at radius 2 is 1.73 bits per heavy atom. The Labute approximate surface area is 257 Å². The summed E-state index contributed by atoms with van der Waals surface area (Å²) in [6.07, 6.45) is 1.01. The van der Waals surface area contributed by atoms with Gasteiger partial charge in [0.1, 0.15) is 0 Å². The summed E-state index contributed by atoms with van der Waals surface area (Å²) in [6.45, 7) is 9.52. The molecule has 236 valence electrons. The van der Waals surface area contributed by atoms with E-state index in [9.17, 15) is 19.2 Å². The number of ether oxygens (including phenoxy) is 2. The number of pyridine rings is 1. The molecule has 4 aliphatic heterocycles. The smallest absolute Gasteiger partial charge is 0.409 e. The third-order valence-corrected chi connectivity index (χ3v) is 9.19. The third-order valence-electron chi connectivity index (χ3n) is 9.19. The standard InChI is InChI=1S/C32H42N6O6/c1-2-44-32(42)36-12-10-35(11-13-36)31(41)24-6-7-28(26(19-24)33-29(39)8-9-34-14-16-43-17-15-34)37-20-23-18-25(22-37)27-4-3-5-30(40)38(27)21-23/h3-7,19,23,25H,2,8-18,20-22H2,1H3,(H,33,39). The number of rotatable bonds is 7. The second-order valence-electron chi connectivity index (χ2n) is 12.1. The minimum absolute atomic E-state index is 0.0461. The Kier molecular flexibility index (Phi) is 9.17. The predicted octanol–water partition coefficient (Wildman–Crippen LogP) is 2.05. The van der Waals surface area contributed by atoms with E-state index in [2.05, 4.69) is 15.1 Å². The van der Waals surface area contributed by atoms with Crippen LogP contribution in [-0.2, 0) is 20.8 Å². The summed E-state index contributed by atoms with van der Waals surface area (Å²) >= 11 is 0. The molecule has 3 saturated heterocycles. The molecule has 1 N–H and O–H groups in total. The minimum atomic E-state index is -0.357. The van der Waals surface area contributed by atoms with Crippen LogP contribution in [0.2, 0.25) is 0 Å². The molecule has 5 heterocycles. The maximum absolute atomic E-state index is 13.6. The number of hydrogen-bond acceptors (Lipinski definition) is 8. The molecule has 1 aromatic carbocycles. The van der Waals surface area contributed by atoms with Crippen LogP contribution in [0.3, 0.4) is 0 Å². The number of carbonyl (C=O) groups excluding carboxylic acids is 3. The van der Waals surface area contributed by atoms with Gasteiger partial charge in [0, 0.05) is 95.1 Å². The molecule has 12 heteroatoms. The maximum Gasteiger partial charge on any atom is 0.409 e. The zero-order valence-electron chi connectivity index (χ0n) is 25.4. The Hall–Kier alpha value is -3.90. The highest BCUT2D eigenvalue weighted by Crippen LogP contribution is 2.39. The van der Waals surface area contributed by atoms with E-state index >= 15 is 0 Å². The molecular formula is C32H42N6O6. The largest absolute Gasteiger partial charge is 0.450 e. The first kappa shape index (κ1) is 30.1. The summed E-state index contributed by atoms with van der Waals surface area (Å²) < 4.78 is 12.5. The van der Waals surface area contributed by atoms with E-state index in [0.717, 1.165) is 44.0 Å². The van der Waals surface area contributed by atoms with E-state index in [1.165, 1.54) is 0 Å². The Morgan fingerprint density at radius 3 is 2.50 bits per heavy atom. The zero-order valence-corrected chi connectivity index (χ0v) is 25.4. The lowest BCUT2D eigenvalue weighted by Gasteiger charge is -2.44. The van der Waals surface area contributed by atoms with Gasteiger partial charge >= 0.3 is 6.09 Å². The molecule has 2 unspecified atom stereocenters. The maximum atomic E-state index is 13.6. The number of piperidine rings is 1. The van der Waals surface area contributed by atoms with E-state index in [0.29, 0.717) is 82.7 Å². The number of benzene rings is 1. The van der Waals surface area contributed by atoms with Crippen molar-refractivity contribution < 1.29 is 23.9 Å². The molecular weight excluding hydrogens is 564 g/mol. The summed E-state index contributed by atoms with van der Waals surface area (Å²) in [5.74, 6) is 0.286. The van der Waals surface area contributed by atoms with Crippen molar-refractivity contribution in [3.63, 3.8) is 0 Å². The van der Waals surface area contributed by atoms with Gasteiger partial charge < -0.3 is 34.1 Å². The number of carbonyl (C=O) groups is 3. The Balaban J connectivity index is 1.21. The Bertz CT molecular complexity index is 1430. The fraction of sp³-hybridized carbons (Fsp3) is 0.562. The third kappa shape index (κ3) is 6.61. The topological polar surface area (TPSA) is 117 Å². The quantitative estimate of drug-likeness (QED) is 0.509. The van der Waals surface area contributed by atoms with Gasteiger partial charge in [0.15, 0.2) is 0 Å². The molecule has 2 aromatic rings. The molecule has 3 fully saturated rings. The van der Waals surface area contributed by atoms with E-state index < -0.39 is 0 Å². The summed E-state index contributed by atoms with van der Waals surface area (Å²) in [7, 11) is 0. The average Bonchev–Trinajstić information content (AvgIpc) is 3.04. The molecule has 44 heavy (non-hydrogen) atoms. The summed E-state index contributed by atoms with van der Waals surface area (Å²) in [5.41, 5.74) is 3.11. The van der Waals surface area contributed by atoms with E-state index in [4.69, 9.17) is 9.47 Å². The number of piperazine rings is 1. The highest BCUT2D eigenvalue weighted by atomic mass is 16.6. The van der Waals surface area contributed by atoms with Gasteiger partial charge in [-0.3, -0.25) is 19.3 Å². The molecule has 4 aliphatic rings. The second kappa shape index (κ2) is 13.4. The number of anilines is 2. The molecule has 0 radical (unpaired) electrons. The monoisotopic (exact) mass is 606 g/mol. The highest BCUT2D eigenvalue weighted by Gasteiger charge is 2.35. The van der Waals surface area contributed by atoms with E-state index in [-0.39, 0.29) is 29.4 Å². The van der Waals surface area contributed by atoms with Gasteiger partial charge in [-0.25, -0.2) is 4.79 Å². The van der Waals surface area contributed by atoms with Crippen molar-refractivity contribution in [1.29, 1.82) is 0 Å². The molecule has 3 amide bonds. The summed E-state index contributed by atoms with van der Waals surface area (Å²) in [6, 6.07) is 11.1. The lowest BCUT2D eigenvalue weighted by atomic mass is 9.83. The van der Waals surface area contributed by atoms with Crippen LogP contribution in [0.25, 0.3) is 0 Å². The van der Waals surface area contributed by atoms with Gasteiger partial charge in [0.25, 0.3) is 11.5 Å². The molecule has 0 aliphatic carbocycles. The van der Waals surface area contributed by atoms with Crippen LogP contribution in [0.1, 0.15) is 41.7 Å². The first-order valence-electron chi connectivity index (χ1n) is 15.8. The molecule has 2 bridgehead atoms. The van der Waals surface area contributed by atoms with Crippen molar-refractivity contribution in [3.05, 3.63) is 58.0 Å². The lowest BCUT2D eigenvalue weighted by molar-refractivity contribution is -0.116. The number of nitrogens with one attached hydrogen (secondary N) is 1. The van der Waals surface area contributed by atoms with Crippen LogP contribution >= 0.6 is 0 Å². The highest BCUT2D eigenvalue weighted by molar-refractivity contribution is 6.00. The van der Waals surface area contributed by atoms with Crippen LogP contribution < -0.4 is 15.8 Å². The van der Waals surface area contributed by atoms with E-state index in [1.807, 2.05) is 28.8 Å². The van der Waals surface area contributed by atoms with Crippen molar-refractivity contribution in [3.8, 4) is 0 Å². The molecule has 1 aromatic heterocycles. The first-order valence-corrected chi connectivity index (χ1v) is 15.8. The van der Waals surface area contributed by atoms with Gasteiger partial charge in [-0.05, 0) is 43.5 Å². The average molecular weight is 607 g/mol. The lowest BCUT2D eigenvalue weighted by Crippen LogP contribution is -2.50. The fourth-order valence-electron chi connectivity index (χ4n) is 6.92. The van der Waals surface area contributed by atoms with Crippen molar-refractivity contribution in [2.75, 3.05) is 88.9 Å². The molecule has 12 nitrogen and oxygen atoms in total. The van der Waals surface area contributed by atoms with Gasteiger partial charge in [0.2, 0.25) is 5.91 Å². The van der Waals surface area contributed by atoms with Crippen LogP contribution in [0.15, 0.2) is 41.2 Å². The van der Waals surface area contributed by atoms with Gasteiger partial charge in [-0.1, -0.05) is 6.07 Å². The Morgan fingerprint density at radius 1 is 0.955 bits per heavy atom. The van der Waals surface area contributed by atoms with Crippen molar-refractivity contribution in [2.45, 2.75) is 32.2 Å². The summed E-state index contributed by atoms with van der Waals surface area (Å²) in [5, 5.41) is 3.14. The van der Waals surface area contributed by atoms with Crippen molar-refractivity contribution in [2.24, 2.45) is 5.92 Å². The SMILES string of the molecule is CCOC(=O)N1CCN(C(=O)c2ccc(N3CC4CC(C3)c3cccc(=O)n3C4)c(NC(=O)CCN3CCOCC3)c2)CC1. The van der Waals surface area contributed by atoms with E-state index in [1.54, 1.807) is 28.9 Å².